The summed E-state index contributed by atoms with van der Waals surface area (Å²) in [7, 11) is -4.13. The SMILES string of the molecule is Cc1ccc(CN2C(=O)C(O)=C(S(=O)(=O)c3ccc(C)cc3)C2c2ccc(C(C)C)cc2)cc1. The van der Waals surface area contributed by atoms with Gasteiger partial charge in [0.15, 0.2) is 5.76 Å². The van der Waals surface area contributed by atoms with Gasteiger partial charge in [-0.3, -0.25) is 4.79 Å². The summed E-state index contributed by atoms with van der Waals surface area (Å²) in [6.07, 6.45) is 0. The number of sulfone groups is 1. The molecule has 0 fully saturated rings. The van der Waals surface area contributed by atoms with Crippen molar-refractivity contribution >= 4 is 15.7 Å². The first kappa shape index (κ1) is 23.8. The Kier molecular flexibility index (Phi) is 6.36. The number of hydrogen-bond acceptors (Lipinski definition) is 4. The molecule has 176 valence electrons. The Hall–Kier alpha value is -3.38. The van der Waals surface area contributed by atoms with E-state index < -0.39 is 27.5 Å². The second-order valence-electron chi connectivity index (χ2n) is 9.17. The number of aliphatic hydroxyl groups is 1. The zero-order valence-corrected chi connectivity index (χ0v) is 20.6. The molecule has 1 unspecified atom stereocenters. The third kappa shape index (κ3) is 4.38. The fourth-order valence-corrected chi connectivity index (χ4v) is 5.84. The van der Waals surface area contributed by atoms with Gasteiger partial charge in [-0.1, -0.05) is 85.6 Å². The summed E-state index contributed by atoms with van der Waals surface area (Å²) in [6, 6.07) is 20.8. The van der Waals surface area contributed by atoms with Crippen LogP contribution in [0.4, 0.5) is 0 Å². The molecule has 1 N–H and O–H groups in total. The van der Waals surface area contributed by atoms with E-state index >= 15 is 0 Å². The number of amides is 1. The highest BCUT2D eigenvalue weighted by Gasteiger charge is 2.46. The van der Waals surface area contributed by atoms with Gasteiger partial charge in [0.05, 0.1) is 10.9 Å². The molecule has 0 bridgehead atoms. The lowest BCUT2D eigenvalue weighted by molar-refractivity contribution is -0.130. The first-order valence-electron chi connectivity index (χ1n) is 11.3. The molecule has 6 heteroatoms. The predicted molar refractivity (Wildman–Crippen MR) is 133 cm³/mol. The number of hydrogen-bond donors (Lipinski definition) is 1. The molecule has 0 spiro atoms. The van der Waals surface area contributed by atoms with Crippen LogP contribution < -0.4 is 0 Å². The van der Waals surface area contributed by atoms with Crippen LogP contribution in [0.2, 0.25) is 0 Å². The Bertz CT molecular complexity index is 1340. The summed E-state index contributed by atoms with van der Waals surface area (Å²) in [5.41, 5.74) is 4.60. The van der Waals surface area contributed by atoms with E-state index in [1.54, 1.807) is 12.1 Å². The molecule has 0 aliphatic carbocycles. The van der Waals surface area contributed by atoms with E-state index in [9.17, 15) is 18.3 Å². The normalized spacial score (nSPS) is 16.6. The lowest BCUT2D eigenvalue weighted by Crippen LogP contribution is -2.30. The van der Waals surface area contributed by atoms with E-state index in [1.165, 1.54) is 17.0 Å². The van der Waals surface area contributed by atoms with Crippen molar-refractivity contribution in [3.63, 3.8) is 0 Å². The number of benzene rings is 3. The third-order valence-corrected chi connectivity index (χ3v) is 8.16. The molecule has 0 saturated heterocycles. The number of nitrogens with zero attached hydrogens (tertiary/aromatic N) is 1. The zero-order valence-electron chi connectivity index (χ0n) is 19.8. The number of aryl methyl sites for hydroxylation is 2. The highest BCUT2D eigenvalue weighted by Crippen LogP contribution is 2.43. The van der Waals surface area contributed by atoms with Crippen molar-refractivity contribution in [2.75, 3.05) is 0 Å². The van der Waals surface area contributed by atoms with E-state index in [4.69, 9.17) is 0 Å². The van der Waals surface area contributed by atoms with Crippen LogP contribution in [0.1, 0.15) is 53.6 Å². The lowest BCUT2D eigenvalue weighted by atomic mass is 9.98. The second-order valence-corrected chi connectivity index (χ2v) is 11.1. The molecule has 1 amide bonds. The number of carbonyl (C=O) groups is 1. The summed E-state index contributed by atoms with van der Waals surface area (Å²) < 4.78 is 27.4. The monoisotopic (exact) mass is 475 g/mol. The number of aliphatic hydroxyl groups excluding tert-OH is 1. The van der Waals surface area contributed by atoms with E-state index in [2.05, 4.69) is 13.8 Å². The van der Waals surface area contributed by atoms with E-state index in [0.29, 0.717) is 11.5 Å². The Morgan fingerprint density at radius 2 is 1.38 bits per heavy atom. The molecule has 1 heterocycles. The molecule has 0 radical (unpaired) electrons. The van der Waals surface area contributed by atoms with Gasteiger partial charge in [0.25, 0.3) is 5.91 Å². The van der Waals surface area contributed by atoms with Crippen LogP contribution in [0.3, 0.4) is 0 Å². The summed E-state index contributed by atoms with van der Waals surface area (Å²) in [5.74, 6) is -1.10. The standard InChI is InChI=1S/C28H29NO4S/c1-18(2)22-11-13-23(14-12-22)25-27(34(32,33)24-15-7-20(4)8-16-24)26(30)28(31)29(25)17-21-9-5-19(3)6-10-21/h5-16,18,25,30H,17H2,1-4H3. The van der Waals surface area contributed by atoms with Gasteiger partial charge >= 0.3 is 0 Å². The topological polar surface area (TPSA) is 74.7 Å². The van der Waals surface area contributed by atoms with Gasteiger partial charge in [0, 0.05) is 6.54 Å². The van der Waals surface area contributed by atoms with Crippen LogP contribution in [0.25, 0.3) is 0 Å². The Morgan fingerprint density at radius 3 is 1.91 bits per heavy atom. The Labute approximate surface area is 201 Å². The average molecular weight is 476 g/mol. The van der Waals surface area contributed by atoms with Gasteiger partial charge in [-0.15, -0.1) is 0 Å². The Balaban J connectivity index is 1.84. The van der Waals surface area contributed by atoms with Crippen molar-refractivity contribution in [3.8, 4) is 0 Å². The maximum Gasteiger partial charge on any atom is 0.290 e. The zero-order chi connectivity index (χ0) is 24.6. The molecule has 0 aromatic heterocycles. The molecule has 5 nitrogen and oxygen atoms in total. The molecular formula is C28H29NO4S. The molecule has 1 aliphatic rings. The molecule has 4 rings (SSSR count). The molecular weight excluding hydrogens is 446 g/mol. The largest absolute Gasteiger partial charge is 0.502 e. The van der Waals surface area contributed by atoms with Crippen LogP contribution in [0, 0.1) is 13.8 Å². The number of carbonyl (C=O) groups excluding carboxylic acids is 1. The van der Waals surface area contributed by atoms with Crippen molar-refractivity contribution < 1.29 is 18.3 Å². The summed E-state index contributed by atoms with van der Waals surface area (Å²) in [6.45, 7) is 8.18. The van der Waals surface area contributed by atoms with Crippen LogP contribution in [0.15, 0.2) is 88.4 Å². The second kappa shape index (κ2) is 9.11. The third-order valence-electron chi connectivity index (χ3n) is 6.27. The van der Waals surface area contributed by atoms with Crippen molar-refractivity contribution in [2.45, 2.75) is 51.1 Å². The molecule has 1 atom stereocenters. The van der Waals surface area contributed by atoms with E-state index in [0.717, 1.165) is 22.3 Å². The maximum atomic E-state index is 13.7. The minimum Gasteiger partial charge on any atom is -0.502 e. The van der Waals surface area contributed by atoms with Crippen molar-refractivity contribution in [3.05, 3.63) is 111 Å². The minimum atomic E-state index is -4.13. The highest BCUT2D eigenvalue weighted by atomic mass is 32.2. The Morgan fingerprint density at radius 1 is 0.853 bits per heavy atom. The average Bonchev–Trinajstić information content (AvgIpc) is 3.06. The molecule has 3 aromatic rings. The summed E-state index contributed by atoms with van der Waals surface area (Å²) in [4.78, 5) is 14.4. The maximum absolute atomic E-state index is 13.7. The first-order valence-corrected chi connectivity index (χ1v) is 12.8. The predicted octanol–water partition coefficient (Wildman–Crippen LogP) is 5.75. The lowest BCUT2D eigenvalue weighted by Gasteiger charge is -2.27. The smallest absolute Gasteiger partial charge is 0.290 e. The van der Waals surface area contributed by atoms with Crippen LogP contribution >= 0.6 is 0 Å². The van der Waals surface area contributed by atoms with Gasteiger partial charge in [-0.2, -0.15) is 0 Å². The molecule has 34 heavy (non-hydrogen) atoms. The van der Waals surface area contributed by atoms with Gasteiger partial charge in [0.2, 0.25) is 9.84 Å². The summed E-state index contributed by atoms with van der Waals surface area (Å²) >= 11 is 0. The fourth-order valence-electron chi connectivity index (χ4n) is 4.20. The van der Waals surface area contributed by atoms with E-state index in [1.807, 2.05) is 62.4 Å². The van der Waals surface area contributed by atoms with Crippen LogP contribution in [-0.2, 0) is 21.2 Å². The van der Waals surface area contributed by atoms with Gasteiger partial charge in [-0.25, -0.2) is 8.42 Å². The van der Waals surface area contributed by atoms with Gasteiger partial charge < -0.3 is 10.0 Å². The molecule has 0 saturated carbocycles. The quantitative estimate of drug-likeness (QED) is 0.492. The van der Waals surface area contributed by atoms with E-state index in [-0.39, 0.29) is 16.3 Å². The molecule has 1 aliphatic heterocycles. The highest BCUT2D eigenvalue weighted by molar-refractivity contribution is 7.95. The van der Waals surface area contributed by atoms with Crippen LogP contribution in [0.5, 0.6) is 0 Å². The molecule has 3 aromatic carbocycles. The minimum absolute atomic E-state index is 0.0495. The summed E-state index contributed by atoms with van der Waals surface area (Å²) in [5, 5.41) is 10.9. The fraction of sp³-hybridized carbons (Fsp3) is 0.250. The first-order chi connectivity index (χ1) is 16.1. The number of rotatable bonds is 6. The van der Waals surface area contributed by atoms with Crippen molar-refractivity contribution in [1.29, 1.82) is 0 Å². The van der Waals surface area contributed by atoms with Crippen molar-refractivity contribution in [1.82, 2.24) is 4.90 Å². The van der Waals surface area contributed by atoms with Gasteiger partial charge in [-0.05, 0) is 48.6 Å². The van der Waals surface area contributed by atoms with Gasteiger partial charge in [0.1, 0.15) is 4.91 Å². The van der Waals surface area contributed by atoms with Crippen molar-refractivity contribution in [2.24, 2.45) is 0 Å². The van der Waals surface area contributed by atoms with Crippen LogP contribution in [-0.4, -0.2) is 24.3 Å².